The van der Waals surface area contributed by atoms with Gasteiger partial charge in [-0.15, -0.1) is 0 Å². The zero-order chi connectivity index (χ0) is 17.1. The highest BCUT2D eigenvalue weighted by atomic mass is 16.2. The van der Waals surface area contributed by atoms with Crippen molar-refractivity contribution < 1.29 is 9.59 Å². The van der Waals surface area contributed by atoms with Crippen LogP contribution in [-0.2, 0) is 11.3 Å². The molecule has 1 heterocycles. The highest BCUT2D eigenvalue weighted by Gasteiger charge is 2.20. The van der Waals surface area contributed by atoms with E-state index in [2.05, 4.69) is 5.32 Å². The smallest absolute Gasteiger partial charge is 0.255 e. The van der Waals surface area contributed by atoms with E-state index in [9.17, 15) is 9.59 Å². The van der Waals surface area contributed by atoms with Crippen molar-refractivity contribution in [2.75, 3.05) is 11.9 Å². The number of aryl methyl sites for hydroxylation is 2. The summed E-state index contributed by atoms with van der Waals surface area (Å²) in [6.45, 7) is 5.34. The van der Waals surface area contributed by atoms with Crippen LogP contribution >= 0.6 is 0 Å². The molecule has 1 aliphatic heterocycles. The van der Waals surface area contributed by atoms with Gasteiger partial charge in [0, 0.05) is 30.8 Å². The first kappa shape index (κ1) is 16.2. The first-order valence-electron chi connectivity index (χ1n) is 8.29. The van der Waals surface area contributed by atoms with Crippen molar-refractivity contribution in [1.82, 2.24) is 4.90 Å². The van der Waals surface area contributed by atoms with Gasteiger partial charge in [-0.3, -0.25) is 9.59 Å². The molecule has 4 nitrogen and oxygen atoms in total. The number of carbonyl (C=O) groups is 2. The molecule has 0 aromatic heterocycles. The Morgan fingerprint density at radius 2 is 1.83 bits per heavy atom. The predicted molar refractivity (Wildman–Crippen MR) is 95.0 cm³/mol. The number of benzene rings is 2. The molecule has 2 aromatic carbocycles. The second-order valence-electron chi connectivity index (χ2n) is 6.34. The van der Waals surface area contributed by atoms with Gasteiger partial charge in [-0.05, 0) is 49.1 Å². The Morgan fingerprint density at radius 1 is 1.12 bits per heavy atom. The topological polar surface area (TPSA) is 49.4 Å². The Hall–Kier alpha value is -2.62. The van der Waals surface area contributed by atoms with Gasteiger partial charge in [-0.25, -0.2) is 0 Å². The third-order valence-electron chi connectivity index (χ3n) is 4.45. The van der Waals surface area contributed by atoms with E-state index in [0.29, 0.717) is 18.5 Å². The second kappa shape index (κ2) is 6.87. The molecule has 1 fully saturated rings. The molecule has 0 spiro atoms. The van der Waals surface area contributed by atoms with Crippen LogP contribution in [0.4, 0.5) is 5.69 Å². The zero-order valence-electron chi connectivity index (χ0n) is 14.1. The average molecular weight is 322 g/mol. The summed E-state index contributed by atoms with van der Waals surface area (Å²) in [4.78, 5) is 26.2. The number of rotatable bonds is 4. The van der Waals surface area contributed by atoms with E-state index in [1.54, 1.807) is 6.07 Å². The van der Waals surface area contributed by atoms with Crippen LogP contribution in [0, 0.1) is 13.8 Å². The molecule has 1 N–H and O–H groups in total. The third kappa shape index (κ3) is 3.48. The lowest BCUT2D eigenvalue weighted by molar-refractivity contribution is -0.128. The summed E-state index contributed by atoms with van der Waals surface area (Å²) in [5, 5.41) is 3.00. The van der Waals surface area contributed by atoms with E-state index in [1.165, 1.54) is 0 Å². The minimum absolute atomic E-state index is 0.123. The Labute approximate surface area is 142 Å². The van der Waals surface area contributed by atoms with Gasteiger partial charge < -0.3 is 10.2 Å². The van der Waals surface area contributed by atoms with E-state index in [1.807, 2.05) is 55.1 Å². The van der Waals surface area contributed by atoms with Gasteiger partial charge in [0.2, 0.25) is 5.91 Å². The number of nitrogens with zero attached hydrogens (tertiary/aromatic N) is 1. The molecule has 0 unspecified atom stereocenters. The largest absolute Gasteiger partial charge is 0.338 e. The van der Waals surface area contributed by atoms with Gasteiger partial charge in [-0.1, -0.05) is 30.3 Å². The second-order valence-corrected chi connectivity index (χ2v) is 6.34. The predicted octanol–water partition coefficient (Wildman–Crippen LogP) is 3.68. The van der Waals surface area contributed by atoms with Crippen molar-refractivity contribution in [2.24, 2.45) is 0 Å². The molecule has 0 atom stereocenters. The van der Waals surface area contributed by atoms with Crippen LogP contribution in [0.1, 0.15) is 39.9 Å². The number of hydrogen-bond acceptors (Lipinski definition) is 2. The van der Waals surface area contributed by atoms with Gasteiger partial charge in [0.25, 0.3) is 5.91 Å². The van der Waals surface area contributed by atoms with Gasteiger partial charge in [0.15, 0.2) is 0 Å². The number of anilines is 1. The van der Waals surface area contributed by atoms with E-state index in [-0.39, 0.29) is 11.8 Å². The van der Waals surface area contributed by atoms with Gasteiger partial charge >= 0.3 is 0 Å². The Bertz CT molecular complexity index is 763. The fourth-order valence-corrected chi connectivity index (χ4v) is 3.10. The number of carbonyl (C=O) groups excluding carboxylic acids is 2. The lowest BCUT2D eigenvalue weighted by Gasteiger charge is -2.16. The fourth-order valence-electron chi connectivity index (χ4n) is 3.10. The number of para-hydroxylation sites is 1. The summed E-state index contributed by atoms with van der Waals surface area (Å²) in [7, 11) is 0. The third-order valence-corrected chi connectivity index (χ3v) is 4.45. The van der Waals surface area contributed by atoms with E-state index in [4.69, 9.17) is 0 Å². The van der Waals surface area contributed by atoms with Crippen LogP contribution in [0.5, 0.6) is 0 Å². The van der Waals surface area contributed by atoms with Crippen molar-refractivity contribution >= 4 is 17.5 Å². The Balaban J connectivity index is 1.76. The fraction of sp³-hybridized carbons (Fsp3) is 0.300. The highest BCUT2D eigenvalue weighted by molar-refractivity contribution is 6.05. The normalized spacial score (nSPS) is 14.1. The summed E-state index contributed by atoms with van der Waals surface area (Å²) >= 11 is 0. The maximum absolute atomic E-state index is 12.6. The van der Waals surface area contributed by atoms with E-state index < -0.39 is 0 Å². The molecule has 1 saturated heterocycles. The van der Waals surface area contributed by atoms with Crippen molar-refractivity contribution in [2.45, 2.75) is 33.2 Å². The van der Waals surface area contributed by atoms with Crippen LogP contribution in [0.3, 0.4) is 0 Å². The first-order valence-corrected chi connectivity index (χ1v) is 8.29. The van der Waals surface area contributed by atoms with Crippen molar-refractivity contribution in [1.29, 1.82) is 0 Å². The summed E-state index contributed by atoms with van der Waals surface area (Å²) in [6, 6.07) is 13.5. The average Bonchev–Trinajstić information content (AvgIpc) is 2.96. The Morgan fingerprint density at radius 3 is 2.50 bits per heavy atom. The summed E-state index contributed by atoms with van der Waals surface area (Å²) in [5.41, 5.74) is 4.55. The number of likely N-dealkylation sites (tertiary alicyclic amines) is 1. The van der Waals surface area contributed by atoms with Crippen LogP contribution in [-0.4, -0.2) is 23.3 Å². The molecule has 1 aliphatic rings. The van der Waals surface area contributed by atoms with Gasteiger partial charge in [0.05, 0.1) is 0 Å². The quantitative estimate of drug-likeness (QED) is 0.933. The molecule has 0 bridgehead atoms. The lowest BCUT2D eigenvalue weighted by Crippen LogP contribution is -2.24. The SMILES string of the molecule is Cc1cccc(C)c1NC(=O)c1cccc(CN2CCCC2=O)c1. The Kier molecular flexibility index (Phi) is 4.65. The van der Waals surface area contributed by atoms with Gasteiger partial charge in [-0.2, -0.15) is 0 Å². The van der Waals surface area contributed by atoms with Crippen molar-refractivity contribution in [3.05, 3.63) is 64.7 Å². The van der Waals surface area contributed by atoms with Crippen molar-refractivity contribution in [3.8, 4) is 0 Å². The number of hydrogen-bond donors (Lipinski definition) is 1. The minimum Gasteiger partial charge on any atom is -0.338 e. The molecule has 0 saturated carbocycles. The molecule has 0 aliphatic carbocycles. The van der Waals surface area contributed by atoms with Crippen molar-refractivity contribution in [3.63, 3.8) is 0 Å². The standard InChI is InChI=1S/C20H22N2O2/c1-14-6-3-7-15(2)19(14)21-20(24)17-9-4-8-16(12-17)13-22-11-5-10-18(22)23/h3-4,6-9,12H,5,10-11,13H2,1-2H3,(H,21,24). The van der Waals surface area contributed by atoms with E-state index in [0.717, 1.165) is 35.3 Å². The minimum atomic E-state index is -0.123. The molecule has 3 rings (SSSR count). The monoisotopic (exact) mass is 322 g/mol. The van der Waals surface area contributed by atoms with Crippen LogP contribution in [0.15, 0.2) is 42.5 Å². The molecule has 2 aromatic rings. The molecule has 4 heteroatoms. The van der Waals surface area contributed by atoms with Gasteiger partial charge in [0.1, 0.15) is 0 Å². The maximum atomic E-state index is 12.6. The van der Waals surface area contributed by atoms with Crippen LogP contribution in [0.25, 0.3) is 0 Å². The molecular weight excluding hydrogens is 300 g/mol. The summed E-state index contributed by atoms with van der Waals surface area (Å²) < 4.78 is 0. The number of nitrogens with one attached hydrogen (secondary N) is 1. The maximum Gasteiger partial charge on any atom is 0.255 e. The van der Waals surface area contributed by atoms with E-state index >= 15 is 0 Å². The van der Waals surface area contributed by atoms with Crippen LogP contribution < -0.4 is 5.32 Å². The molecule has 24 heavy (non-hydrogen) atoms. The summed E-state index contributed by atoms with van der Waals surface area (Å²) in [6.07, 6.45) is 1.55. The zero-order valence-corrected chi connectivity index (χ0v) is 14.1. The lowest BCUT2D eigenvalue weighted by atomic mass is 10.1. The number of amides is 2. The first-order chi connectivity index (χ1) is 11.5. The summed E-state index contributed by atoms with van der Waals surface area (Å²) in [5.74, 6) is 0.0717. The highest BCUT2D eigenvalue weighted by Crippen LogP contribution is 2.21. The molecule has 0 radical (unpaired) electrons. The molecular formula is C20H22N2O2. The van der Waals surface area contributed by atoms with Crippen LogP contribution in [0.2, 0.25) is 0 Å². The molecule has 2 amide bonds. The molecule has 124 valence electrons.